The average molecular weight is 253 g/mol. The zero-order valence-corrected chi connectivity index (χ0v) is 10.3. The van der Waals surface area contributed by atoms with Crippen molar-refractivity contribution >= 4 is 24.3 Å². The van der Waals surface area contributed by atoms with Gasteiger partial charge in [0, 0.05) is 0 Å². The van der Waals surface area contributed by atoms with E-state index in [9.17, 15) is 9.59 Å². The average Bonchev–Trinajstić information content (AvgIpc) is 2.42. The summed E-state index contributed by atoms with van der Waals surface area (Å²) in [6.45, 7) is 4.23. The Morgan fingerprint density at radius 2 is 1.72 bits per heavy atom. The maximum Gasteiger partial charge on any atom is 0.239 e. The summed E-state index contributed by atoms with van der Waals surface area (Å²) < 4.78 is 0. The number of nitrogens with zero attached hydrogens (tertiary/aromatic N) is 3. The Kier molecular flexibility index (Phi) is 5.75. The van der Waals surface area contributed by atoms with Gasteiger partial charge in [-0.1, -0.05) is 0 Å². The molecule has 0 unspecified atom stereocenters. The molecule has 0 radical (unpaired) electrons. The first-order valence-corrected chi connectivity index (χ1v) is 5.47. The Hall–Kier alpha value is -1.99. The second-order valence-electron chi connectivity index (χ2n) is 3.07. The molecule has 0 saturated heterocycles. The van der Waals surface area contributed by atoms with E-state index in [1.165, 1.54) is 6.20 Å². The van der Waals surface area contributed by atoms with E-state index in [4.69, 9.17) is 9.68 Å². The number of anilines is 2. The zero-order chi connectivity index (χ0) is 13.4. The summed E-state index contributed by atoms with van der Waals surface area (Å²) in [5.41, 5.74) is 0.470. The first-order chi connectivity index (χ1) is 8.76. The lowest BCUT2D eigenvalue weighted by atomic mass is 10.4. The number of rotatable bonds is 8. The Morgan fingerprint density at radius 1 is 1.11 bits per heavy atom. The monoisotopic (exact) mass is 253 g/mol. The minimum atomic E-state index is 0.331. The van der Waals surface area contributed by atoms with Crippen LogP contribution in [0.3, 0.4) is 0 Å². The third kappa shape index (κ3) is 3.51. The van der Waals surface area contributed by atoms with E-state index in [-0.39, 0.29) is 0 Å². The second kappa shape index (κ2) is 7.36. The van der Waals surface area contributed by atoms with Gasteiger partial charge in [-0.05, 0) is 26.0 Å². The maximum absolute atomic E-state index is 10.8. The summed E-state index contributed by atoms with van der Waals surface area (Å²) in [4.78, 5) is 35.6. The molecule has 0 aliphatic carbocycles. The van der Waals surface area contributed by atoms with Gasteiger partial charge < -0.3 is 0 Å². The van der Waals surface area contributed by atoms with Gasteiger partial charge >= 0.3 is 0 Å². The van der Waals surface area contributed by atoms with E-state index < -0.39 is 0 Å². The SMILES string of the molecule is CCON(C=O)c1ccc(N(C=O)OCC)nc1. The summed E-state index contributed by atoms with van der Waals surface area (Å²) in [5, 5.41) is 2.07. The van der Waals surface area contributed by atoms with Crippen LogP contribution >= 0.6 is 0 Å². The standard InChI is InChI=1S/C11H15N3O4/c1-3-17-13(8-15)10-5-6-11(12-7-10)14(9-16)18-4-2/h5-9H,3-4H2,1-2H3. The molecule has 18 heavy (non-hydrogen) atoms. The minimum Gasteiger partial charge on any atom is -0.276 e. The molecule has 1 aromatic heterocycles. The number of hydrogen-bond donors (Lipinski definition) is 0. The Morgan fingerprint density at radius 3 is 2.17 bits per heavy atom. The third-order valence-corrected chi connectivity index (χ3v) is 1.94. The minimum absolute atomic E-state index is 0.331. The molecular weight excluding hydrogens is 238 g/mol. The van der Waals surface area contributed by atoms with Gasteiger partial charge in [-0.15, -0.1) is 0 Å². The summed E-state index contributed by atoms with van der Waals surface area (Å²) in [6.07, 6.45) is 2.47. The highest BCUT2D eigenvalue weighted by Gasteiger charge is 2.09. The van der Waals surface area contributed by atoms with Crippen molar-refractivity contribution in [3.05, 3.63) is 18.3 Å². The van der Waals surface area contributed by atoms with Crippen LogP contribution < -0.4 is 10.1 Å². The summed E-state index contributed by atoms with van der Waals surface area (Å²) in [6, 6.07) is 3.15. The largest absolute Gasteiger partial charge is 0.276 e. The first kappa shape index (κ1) is 14.1. The van der Waals surface area contributed by atoms with Gasteiger partial charge in [-0.3, -0.25) is 19.3 Å². The molecule has 0 atom stereocenters. The molecule has 7 nitrogen and oxygen atoms in total. The fourth-order valence-corrected chi connectivity index (χ4v) is 1.23. The van der Waals surface area contributed by atoms with Crippen molar-refractivity contribution in [3.8, 4) is 0 Å². The lowest BCUT2D eigenvalue weighted by molar-refractivity contribution is -0.114. The van der Waals surface area contributed by atoms with E-state index in [1.54, 1.807) is 26.0 Å². The lowest BCUT2D eigenvalue weighted by Crippen LogP contribution is -2.24. The summed E-state index contributed by atoms with van der Waals surface area (Å²) >= 11 is 0. The molecule has 0 aliphatic rings. The molecule has 0 fully saturated rings. The molecule has 0 aliphatic heterocycles. The predicted molar refractivity (Wildman–Crippen MR) is 64.6 cm³/mol. The van der Waals surface area contributed by atoms with Crippen LogP contribution in [0.15, 0.2) is 18.3 Å². The summed E-state index contributed by atoms with van der Waals surface area (Å²) in [5.74, 6) is 0.331. The molecule has 0 saturated carbocycles. The van der Waals surface area contributed by atoms with Gasteiger partial charge in [-0.25, -0.2) is 4.98 Å². The van der Waals surface area contributed by atoms with E-state index in [1.807, 2.05) is 0 Å². The molecule has 1 heterocycles. The van der Waals surface area contributed by atoms with Crippen molar-refractivity contribution in [2.24, 2.45) is 0 Å². The molecule has 1 aromatic rings. The number of aromatic nitrogens is 1. The molecule has 7 heteroatoms. The smallest absolute Gasteiger partial charge is 0.239 e. The molecule has 1 rings (SSSR count). The van der Waals surface area contributed by atoms with Crippen LogP contribution in [-0.4, -0.2) is 31.0 Å². The highest BCUT2D eigenvalue weighted by molar-refractivity contribution is 5.74. The van der Waals surface area contributed by atoms with Crippen LogP contribution in [0, 0.1) is 0 Å². The van der Waals surface area contributed by atoms with Crippen LogP contribution in [0.4, 0.5) is 11.5 Å². The number of pyridine rings is 1. The normalized spacial score (nSPS) is 9.89. The fraction of sp³-hybridized carbons (Fsp3) is 0.364. The Bertz CT molecular complexity index is 345. The van der Waals surface area contributed by atoms with Gasteiger partial charge in [0.2, 0.25) is 12.8 Å². The van der Waals surface area contributed by atoms with Crippen LogP contribution in [-0.2, 0) is 19.3 Å². The van der Waals surface area contributed by atoms with Gasteiger partial charge in [0.1, 0.15) is 0 Å². The summed E-state index contributed by atoms with van der Waals surface area (Å²) in [7, 11) is 0. The van der Waals surface area contributed by atoms with Crippen molar-refractivity contribution in [2.45, 2.75) is 13.8 Å². The van der Waals surface area contributed by atoms with Crippen molar-refractivity contribution < 1.29 is 19.3 Å². The van der Waals surface area contributed by atoms with E-state index in [0.29, 0.717) is 37.5 Å². The quantitative estimate of drug-likeness (QED) is 0.508. The van der Waals surface area contributed by atoms with Gasteiger partial charge in [0.15, 0.2) is 5.82 Å². The van der Waals surface area contributed by atoms with Gasteiger partial charge in [0.25, 0.3) is 0 Å². The zero-order valence-electron chi connectivity index (χ0n) is 10.3. The van der Waals surface area contributed by atoms with Crippen LogP contribution in [0.1, 0.15) is 13.8 Å². The molecule has 0 bridgehead atoms. The van der Waals surface area contributed by atoms with Crippen molar-refractivity contribution in [1.29, 1.82) is 0 Å². The number of hydrogen-bond acceptors (Lipinski definition) is 5. The molecule has 98 valence electrons. The van der Waals surface area contributed by atoms with E-state index >= 15 is 0 Å². The van der Waals surface area contributed by atoms with Gasteiger partial charge in [0.05, 0.1) is 25.1 Å². The number of carbonyl (C=O) groups excluding carboxylic acids is 2. The Labute approximate surface area is 105 Å². The van der Waals surface area contributed by atoms with Crippen molar-refractivity contribution in [1.82, 2.24) is 4.98 Å². The first-order valence-electron chi connectivity index (χ1n) is 5.47. The molecule has 0 aromatic carbocycles. The van der Waals surface area contributed by atoms with Crippen LogP contribution in [0.5, 0.6) is 0 Å². The number of amides is 2. The van der Waals surface area contributed by atoms with Gasteiger partial charge in [-0.2, -0.15) is 10.1 Å². The van der Waals surface area contributed by atoms with E-state index in [2.05, 4.69) is 4.98 Å². The van der Waals surface area contributed by atoms with Crippen molar-refractivity contribution in [3.63, 3.8) is 0 Å². The predicted octanol–water partition coefficient (Wildman–Crippen LogP) is 0.910. The highest BCUT2D eigenvalue weighted by atomic mass is 16.7. The third-order valence-electron chi connectivity index (χ3n) is 1.94. The number of carbonyl (C=O) groups is 2. The molecule has 0 spiro atoms. The molecule has 0 N–H and O–H groups in total. The topological polar surface area (TPSA) is 72.0 Å². The van der Waals surface area contributed by atoms with Crippen molar-refractivity contribution in [2.75, 3.05) is 23.3 Å². The second-order valence-corrected chi connectivity index (χ2v) is 3.07. The maximum atomic E-state index is 10.8. The fourth-order valence-electron chi connectivity index (χ4n) is 1.23. The molecular formula is C11H15N3O4. The molecule has 2 amide bonds. The highest BCUT2D eigenvalue weighted by Crippen LogP contribution is 2.16. The van der Waals surface area contributed by atoms with Crippen LogP contribution in [0.25, 0.3) is 0 Å². The lowest BCUT2D eigenvalue weighted by Gasteiger charge is -2.17. The van der Waals surface area contributed by atoms with E-state index in [0.717, 1.165) is 10.1 Å². The Balaban J connectivity index is 2.83. The van der Waals surface area contributed by atoms with Crippen LogP contribution in [0.2, 0.25) is 0 Å². The number of hydroxylamine groups is 2.